The van der Waals surface area contributed by atoms with E-state index in [-0.39, 0.29) is 17.1 Å². The van der Waals surface area contributed by atoms with E-state index in [4.69, 9.17) is 10.3 Å². The van der Waals surface area contributed by atoms with Crippen molar-refractivity contribution in [1.29, 1.82) is 0 Å². The van der Waals surface area contributed by atoms with E-state index < -0.39 is 32.6 Å². The largest absolute Gasteiger partial charge is 0.452 e. The van der Waals surface area contributed by atoms with Crippen molar-refractivity contribution in [3.05, 3.63) is 29.8 Å². The minimum Gasteiger partial charge on any atom is -0.427 e. The molecule has 0 N–H and O–H groups in total. The Morgan fingerprint density at radius 2 is 1.76 bits per heavy atom. The molecule has 0 unspecified atom stereocenters. The van der Waals surface area contributed by atoms with E-state index in [2.05, 4.69) is 4.79 Å². The highest BCUT2D eigenvalue weighted by Crippen LogP contribution is 2.26. The van der Waals surface area contributed by atoms with Crippen molar-refractivity contribution in [2.75, 3.05) is 0 Å². The maximum Gasteiger partial charge on any atom is 0.452 e. The number of esters is 1. The third-order valence-corrected chi connectivity index (χ3v) is 5.87. The summed E-state index contributed by atoms with van der Waals surface area (Å²) in [6.07, 6.45) is 4.11. The number of benzene rings is 1. The van der Waals surface area contributed by atoms with Crippen molar-refractivity contribution >= 4 is 26.6 Å². The molecule has 0 bridgehead atoms. The van der Waals surface area contributed by atoms with Gasteiger partial charge in [0.2, 0.25) is 0 Å². The summed E-state index contributed by atoms with van der Waals surface area (Å²) in [6.45, 7) is 1.64. The first-order valence-electron chi connectivity index (χ1n) is 8.22. The van der Waals surface area contributed by atoms with Crippen molar-refractivity contribution in [2.24, 2.45) is 5.92 Å². The SMILES string of the molecule is CCC(=O)Oc1ccc(S(=O)(=O)C(=[N+]=[N-])C(=O)C2CCCCC2)cc1. The number of carbonyl (C=O) groups excluding carboxylic acids is 2. The molecule has 25 heavy (non-hydrogen) atoms. The van der Waals surface area contributed by atoms with E-state index in [0.717, 1.165) is 19.3 Å². The van der Waals surface area contributed by atoms with Gasteiger partial charge in [-0.3, -0.25) is 9.59 Å². The fourth-order valence-electron chi connectivity index (χ4n) is 2.78. The fraction of sp³-hybridized carbons (Fsp3) is 0.471. The topological polar surface area (TPSA) is 114 Å². The number of carbonyl (C=O) groups is 2. The van der Waals surface area contributed by atoms with E-state index in [1.54, 1.807) is 6.92 Å². The van der Waals surface area contributed by atoms with Crippen LogP contribution in [0.25, 0.3) is 5.53 Å². The first kappa shape index (κ1) is 19.0. The molecule has 1 saturated carbocycles. The van der Waals surface area contributed by atoms with Crippen LogP contribution in [-0.2, 0) is 19.4 Å². The molecule has 0 radical (unpaired) electrons. The third-order valence-electron chi connectivity index (χ3n) is 4.19. The summed E-state index contributed by atoms with van der Waals surface area (Å²) in [5.74, 6) is -1.32. The first-order valence-corrected chi connectivity index (χ1v) is 9.70. The van der Waals surface area contributed by atoms with Crippen LogP contribution in [0.3, 0.4) is 0 Å². The lowest BCUT2D eigenvalue weighted by molar-refractivity contribution is -0.134. The van der Waals surface area contributed by atoms with Gasteiger partial charge in [0.05, 0.1) is 4.90 Å². The van der Waals surface area contributed by atoms with Crippen LogP contribution in [0.1, 0.15) is 45.4 Å². The Bertz CT molecular complexity index is 802. The van der Waals surface area contributed by atoms with Gasteiger partial charge >= 0.3 is 11.0 Å². The lowest BCUT2D eigenvalue weighted by Crippen LogP contribution is -2.32. The van der Waals surface area contributed by atoms with Gasteiger partial charge in [-0.15, -0.1) is 4.79 Å². The number of hydrogen-bond donors (Lipinski definition) is 0. The van der Waals surface area contributed by atoms with Gasteiger partial charge in [-0.25, -0.2) is 8.42 Å². The Morgan fingerprint density at radius 3 is 2.28 bits per heavy atom. The average Bonchev–Trinajstić information content (AvgIpc) is 2.63. The number of Topliss-reactive ketones (excluding diaryl/α,β-unsaturated/α-hetero) is 1. The Kier molecular flexibility index (Phi) is 6.22. The first-order chi connectivity index (χ1) is 11.9. The molecule has 7 nitrogen and oxygen atoms in total. The maximum atomic E-state index is 12.6. The maximum absolute atomic E-state index is 12.6. The second kappa shape index (κ2) is 8.18. The second-order valence-electron chi connectivity index (χ2n) is 5.91. The molecule has 1 aromatic carbocycles. The Labute approximate surface area is 146 Å². The van der Waals surface area contributed by atoms with Crippen LogP contribution in [0.4, 0.5) is 0 Å². The number of ketones is 1. The molecule has 1 aromatic rings. The van der Waals surface area contributed by atoms with Crippen LogP contribution in [-0.4, -0.2) is 30.0 Å². The third kappa shape index (κ3) is 4.41. The number of hydrogen-bond acceptors (Lipinski definition) is 5. The van der Waals surface area contributed by atoms with Gasteiger partial charge in [-0.1, -0.05) is 26.2 Å². The zero-order chi connectivity index (χ0) is 18.4. The Morgan fingerprint density at radius 1 is 1.16 bits per heavy atom. The lowest BCUT2D eigenvalue weighted by atomic mass is 9.86. The monoisotopic (exact) mass is 364 g/mol. The Hall–Kier alpha value is -2.31. The fourth-order valence-corrected chi connectivity index (χ4v) is 4.03. The van der Waals surface area contributed by atoms with Crippen molar-refractivity contribution in [1.82, 2.24) is 0 Å². The average molecular weight is 364 g/mol. The molecule has 1 fully saturated rings. The van der Waals surface area contributed by atoms with E-state index >= 15 is 0 Å². The van der Waals surface area contributed by atoms with Crippen molar-refractivity contribution < 1.29 is 27.5 Å². The minimum atomic E-state index is -4.24. The smallest absolute Gasteiger partial charge is 0.427 e. The van der Waals surface area contributed by atoms with Crippen molar-refractivity contribution in [2.45, 2.75) is 50.3 Å². The molecule has 1 aliphatic rings. The van der Waals surface area contributed by atoms with Gasteiger partial charge in [-0.2, -0.15) is 0 Å². The number of ether oxygens (including phenoxy) is 1. The summed E-state index contributed by atoms with van der Waals surface area (Å²) in [7, 11) is -4.24. The number of nitrogens with zero attached hydrogens (tertiary/aromatic N) is 2. The molecule has 0 aromatic heterocycles. The zero-order valence-electron chi connectivity index (χ0n) is 14.0. The molecule has 0 heterocycles. The van der Waals surface area contributed by atoms with Crippen LogP contribution in [0.5, 0.6) is 5.75 Å². The van der Waals surface area contributed by atoms with E-state index in [1.807, 2.05) is 0 Å². The zero-order valence-corrected chi connectivity index (χ0v) is 14.8. The molecule has 2 rings (SSSR count). The molecular weight excluding hydrogens is 344 g/mol. The number of rotatable bonds is 5. The van der Waals surface area contributed by atoms with Crippen molar-refractivity contribution in [3.8, 4) is 5.75 Å². The number of sulfone groups is 1. The van der Waals surface area contributed by atoms with Crippen LogP contribution in [0, 0.1) is 5.92 Å². The quantitative estimate of drug-likeness (QED) is 0.199. The van der Waals surface area contributed by atoms with Gasteiger partial charge < -0.3 is 10.3 Å². The molecule has 0 atom stereocenters. The molecule has 1 aliphatic carbocycles. The summed E-state index contributed by atoms with van der Waals surface area (Å²) >= 11 is 0. The van der Waals surface area contributed by atoms with Gasteiger partial charge in [-0.05, 0) is 37.1 Å². The molecule has 8 heteroatoms. The normalized spacial score (nSPS) is 15.2. The molecule has 0 aliphatic heterocycles. The highest BCUT2D eigenvalue weighted by atomic mass is 32.2. The lowest BCUT2D eigenvalue weighted by Gasteiger charge is -2.18. The molecule has 0 saturated heterocycles. The Balaban J connectivity index is 2.24. The van der Waals surface area contributed by atoms with Crippen LogP contribution >= 0.6 is 0 Å². The highest BCUT2D eigenvalue weighted by Gasteiger charge is 2.41. The minimum absolute atomic E-state index is 0.192. The standard InChI is InChI=1S/C17H20N2O5S/c1-2-15(20)24-13-8-10-14(11-9-13)25(22,23)17(19-18)16(21)12-6-4-3-5-7-12/h8-12H,2-7H2,1H3. The van der Waals surface area contributed by atoms with Crippen LogP contribution in [0.15, 0.2) is 29.2 Å². The van der Waals surface area contributed by atoms with Gasteiger partial charge in [0.15, 0.2) is 0 Å². The van der Waals surface area contributed by atoms with E-state index in [9.17, 15) is 18.0 Å². The summed E-state index contributed by atoms with van der Waals surface area (Å²) in [5, 5.41) is -0.835. The van der Waals surface area contributed by atoms with E-state index in [0.29, 0.717) is 12.8 Å². The summed E-state index contributed by atoms with van der Waals surface area (Å²) in [5.41, 5.74) is 9.15. The van der Waals surface area contributed by atoms with Crippen molar-refractivity contribution in [3.63, 3.8) is 0 Å². The highest BCUT2D eigenvalue weighted by molar-refractivity contribution is 8.08. The molecular formula is C17H20N2O5S. The van der Waals surface area contributed by atoms with E-state index in [1.165, 1.54) is 24.3 Å². The predicted octanol–water partition coefficient (Wildman–Crippen LogP) is 2.55. The summed E-state index contributed by atoms with van der Waals surface area (Å²) in [4.78, 5) is 26.3. The molecule has 0 amide bonds. The van der Waals surface area contributed by atoms with Crippen LogP contribution in [0.2, 0.25) is 0 Å². The summed E-state index contributed by atoms with van der Waals surface area (Å²) in [6, 6.07) is 5.07. The predicted molar refractivity (Wildman–Crippen MR) is 89.8 cm³/mol. The van der Waals surface area contributed by atoms with Gasteiger partial charge in [0, 0.05) is 12.3 Å². The summed E-state index contributed by atoms with van der Waals surface area (Å²) < 4.78 is 30.2. The molecule has 134 valence electrons. The van der Waals surface area contributed by atoms with Crippen LogP contribution < -0.4 is 4.74 Å². The molecule has 0 spiro atoms. The van der Waals surface area contributed by atoms with Gasteiger partial charge in [0.1, 0.15) is 5.75 Å². The van der Waals surface area contributed by atoms with Gasteiger partial charge in [0.25, 0.3) is 15.6 Å². The second-order valence-corrected chi connectivity index (χ2v) is 7.77.